The maximum atomic E-state index is 13.3. The van der Waals surface area contributed by atoms with Crippen LogP contribution in [0.2, 0.25) is 0 Å². The highest BCUT2D eigenvalue weighted by molar-refractivity contribution is 7.91. The third-order valence-corrected chi connectivity index (χ3v) is 5.34. The van der Waals surface area contributed by atoms with Crippen molar-refractivity contribution in [2.45, 2.75) is 24.2 Å². The first-order valence-corrected chi connectivity index (χ1v) is 8.53. The largest absolute Gasteiger partial charge is 0.478 e. The number of nitrogens with zero attached hydrogens (tertiary/aromatic N) is 1. The second kappa shape index (κ2) is 6.53. The van der Waals surface area contributed by atoms with Gasteiger partial charge >= 0.3 is 5.97 Å². The van der Waals surface area contributed by atoms with Crippen molar-refractivity contribution in [2.24, 2.45) is 0 Å². The molecule has 0 spiro atoms. The van der Waals surface area contributed by atoms with Crippen LogP contribution in [0.5, 0.6) is 0 Å². The van der Waals surface area contributed by atoms with Crippen LogP contribution >= 0.6 is 0 Å². The summed E-state index contributed by atoms with van der Waals surface area (Å²) in [6.07, 6.45) is 3.31. The lowest BCUT2D eigenvalue weighted by Crippen LogP contribution is -2.34. The van der Waals surface area contributed by atoms with E-state index in [-0.39, 0.29) is 10.6 Å². The van der Waals surface area contributed by atoms with Crippen LogP contribution in [-0.4, -0.2) is 49.8 Å². The molecule has 1 N–H and O–H groups in total. The number of hydrogen-bond donors (Lipinski definition) is 1. The number of carbonyl (C=O) groups is 1. The van der Waals surface area contributed by atoms with Gasteiger partial charge in [0.1, 0.15) is 5.82 Å². The standard InChI is InChI=1S/C14H18FNO4S/c15-13-5-4-11(10-12(13)14(17)18)21(19,20)9-8-16-6-2-1-3-7-16/h4-5,10H,1-3,6-9H2,(H,17,18). The van der Waals surface area contributed by atoms with Gasteiger partial charge in [0.15, 0.2) is 9.84 Å². The van der Waals surface area contributed by atoms with Gasteiger partial charge in [-0.2, -0.15) is 0 Å². The van der Waals surface area contributed by atoms with Crippen LogP contribution in [0.15, 0.2) is 23.1 Å². The number of piperidine rings is 1. The van der Waals surface area contributed by atoms with Crippen molar-refractivity contribution < 1.29 is 22.7 Å². The van der Waals surface area contributed by atoms with Gasteiger partial charge in [-0.15, -0.1) is 0 Å². The van der Waals surface area contributed by atoms with Crippen LogP contribution in [-0.2, 0) is 9.84 Å². The van der Waals surface area contributed by atoms with Crippen molar-refractivity contribution in [1.29, 1.82) is 0 Å². The molecule has 1 aromatic carbocycles. The lowest BCUT2D eigenvalue weighted by molar-refractivity contribution is 0.0691. The summed E-state index contributed by atoms with van der Waals surface area (Å²) in [6, 6.07) is 2.90. The van der Waals surface area contributed by atoms with E-state index in [1.165, 1.54) is 6.42 Å². The van der Waals surface area contributed by atoms with Gasteiger partial charge < -0.3 is 10.0 Å². The predicted molar refractivity (Wildman–Crippen MR) is 75.7 cm³/mol. The third-order valence-electron chi connectivity index (χ3n) is 3.65. The van der Waals surface area contributed by atoms with Crippen molar-refractivity contribution >= 4 is 15.8 Å². The molecule has 1 saturated heterocycles. The second-order valence-corrected chi connectivity index (χ2v) is 7.28. The second-order valence-electron chi connectivity index (χ2n) is 5.17. The number of likely N-dealkylation sites (tertiary alicyclic amines) is 1. The minimum atomic E-state index is -3.60. The topological polar surface area (TPSA) is 74.7 Å². The third kappa shape index (κ3) is 4.01. The SMILES string of the molecule is O=C(O)c1cc(S(=O)(=O)CCN2CCCCC2)ccc1F. The number of sulfone groups is 1. The summed E-state index contributed by atoms with van der Waals surface area (Å²) in [4.78, 5) is 12.8. The van der Waals surface area contributed by atoms with E-state index in [0.717, 1.165) is 44.1 Å². The summed E-state index contributed by atoms with van der Waals surface area (Å²) < 4.78 is 37.7. The van der Waals surface area contributed by atoms with E-state index in [2.05, 4.69) is 4.90 Å². The molecule has 1 aromatic rings. The van der Waals surface area contributed by atoms with E-state index >= 15 is 0 Å². The quantitative estimate of drug-likeness (QED) is 0.838. The van der Waals surface area contributed by atoms with Crippen molar-refractivity contribution in [3.8, 4) is 0 Å². The molecule has 0 amide bonds. The Bertz CT molecular complexity index is 624. The van der Waals surface area contributed by atoms with Crippen LogP contribution in [0.4, 0.5) is 4.39 Å². The average Bonchev–Trinajstić information content (AvgIpc) is 2.46. The number of benzene rings is 1. The van der Waals surface area contributed by atoms with Crippen molar-refractivity contribution in [2.75, 3.05) is 25.4 Å². The first-order chi connectivity index (χ1) is 9.90. The Balaban J connectivity index is 2.11. The minimum absolute atomic E-state index is 0.0856. The molecule has 7 heteroatoms. The summed E-state index contributed by atoms with van der Waals surface area (Å²) in [5.41, 5.74) is -0.617. The molecular weight excluding hydrogens is 297 g/mol. The summed E-state index contributed by atoms with van der Waals surface area (Å²) in [7, 11) is -3.60. The maximum Gasteiger partial charge on any atom is 0.338 e. The van der Waals surface area contributed by atoms with E-state index in [4.69, 9.17) is 5.11 Å². The Morgan fingerprint density at radius 2 is 1.90 bits per heavy atom. The fourth-order valence-electron chi connectivity index (χ4n) is 2.41. The van der Waals surface area contributed by atoms with E-state index in [9.17, 15) is 17.6 Å². The first-order valence-electron chi connectivity index (χ1n) is 6.88. The molecule has 5 nitrogen and oxygen atoms in total. The van der Waals surface area contributed by atoms with E-state index in [1.54, 1.807) is 0 Å². The van der Waals surface area contributed by atoms with Crippen LogP contribution in [0.1, 0.15) is 29.6 Å². The van der Waals surface area contributed by atoms with E-state index in [0.29, 0.717) is 6.54 Å². The van der Waals surface area contributed by atoms with Gasteiger partial charge in [-0.25, -0.2) is 17.6 Å². The van der Waals surface area contributed by atoms with Crippen LogP contribution in [0.25, 0.3) is 0 Å². The zero-order valence-electron chi connectivity index (χ0n) is 11.6. The highest BCUT2D eigenvalue weighted by Gasteiger charge is 2.21. The van der Waals surface area contributed by atoms with Gasteiger partial charge in [0.05, 0.1) is 16.2 Å². The number of halogens is 1. The van der Waals surface area contributed by atoms with Gasteiger partial charge in [0.2, 0.25) is 0 Å². The van der Waals surface area contributed by atoms with Crippen LogP contribution in [0, 0.1) is 5.82 Å². The van der Waals surface area contributed by atoms with Gasteiger partial charge in [0, 0.05) is 6.54 Å². The summed E-state index contributed by atoms with van der Waals surface area (Å²) in [5.74, 6) is -2.49. The Morgan fingerprint density at radius 3 is 2.52 bits per heavy atom. The lowest BCUT2D eigenvalue weighted by atomic mass is 10.1. The van der Waals surface area contributed by atoms with E-state index < -0.39 is 27.2 Å². The lowest BCUT2D eigenvalue weighted by Gasteiger charge is -2.26. The Morgan fingerprint density at radius 1 is 1.24 bits per heavy atom. The van der Waals surface area contributed by atoms with Crippen molar-refractivity contribution in [1.82, 2.24) is 4.90 Å². The van der Waals surface area contributed by atoms with Crippen molar-refractivity contribution in [3.63, 3.8) is 0 Å². The number of hydrogen-bond acceptors (Lipinski definition) is 4. The predicted octanol–water partition coefficient (Wildman–Crippen LogP) is 1.78. The molecule has 1 aliphatic heterocycles. The Kier molecular flexibility index (Phi) is 4.95. The van der Waals surface area contributed by atoms with Gasteiger partial charge in [-0.1, -0.05) is 6.42 Å². The molecule has 1 aliphatic rings. The molecule has 21 heavy (non-hydrogen) atoms. The molecule has 116 valence electrons. The van der Waals surface area contributed by atoms with Gasteiger partial charge in [-0.3, -0.25) is 0 Å². The molecule has 0 unspecified atom stereocenters. The van der Waals surface area contributed by atoms with Crippen LogP contribution in [0.3, 0.4) is 0 Å². The van der Waals surface area contributed by atoms with Crippen molar-refractivity contribution in [3.05, 3.63) is 29.6 Å². The summed E-state index contributed by atoms with van der Waals surface area (Å²) in [5, 5.41) is 8.85. The minimum Gasteiger partial charge on any atom is -0.478 e. The molecule has 0 saturated carbocycles. The average molecular weight is 315 g/mol. The number of carboxylic acid groups (broad SMARTS) is 1. The number of aromatic carboxylic acids is 1. The Labute approximate surface area is 123 Å². The monoisotopic (exact) mass is 315 g/mol. The molecule has 0 atom stereocenters. The zero-order valence-corrected chi connectivity index (χ0v) is 12.4. The maximum absolute atomic E-state index is 13.3. The molecule has 0 aliphatic carbocycles. The molecule has 1 heterocycles. The fraction of sp³-hybridized carbons (Fsp3) is 0.500. The molecule has 1 fully saturated rings. The summed E-state index contributed by atoms with van der Waals surface area (Å²) in [6.45, 7) is 2.20. The molecule has 0 radical (unpaired) electrons. The summed E-state index contributed by atoms with van der Waals surface area (Å²) >= 11 is 0. The highest BCUT2D eigenvalue weighted by atomic mass is 32.2. The zero-order chi connectivity index (χ0) is 15.5. The van der Waals surface area contributed by atoms with Gasteiger partial charge in [-0.05, 0) is 44.1 Å². The normalized spacial score (nSPS) is 16.8. The van der Waals surface area contributed by atoms with Gasteiger partial charge in [0.25, 0.3) is 0 Å². The molecule has 2 rings (SSSR count). The van der Waals surface area contributed by atoms with Crippen LogP contribution < -0.4 is 0 Å². The Hall–Kier alpha value is -1.47. The number of rotatable bonds is 5. The number of carboxylic acids is 1. The first kappa shape index (κ1) is 15.9. The molecule has 0 aromatic heterocycles. The molecule has 0 bridgehead atoms. The van der Waals surface area contributed by atoms with E-state index in [1.807, 2.05) is 0 Å². The smallest absolute Gasteiger partial charge is 0.338 e. The molecular formula is C14H18FNO4S. The highest BCUT2D eigenvalue weighted by Crippen LogP contribution is 2.17. The fourth-order valence-corrected chi connectivity index (χ4v) is 3.72.